The van der Waals surface area contributed by atoms with Crippen LogP contribution in [0.25, 0.3) is 0 Å². The van der Waals surface area contributed by atoms with Crippen LogP contribution in [0.5, 0.6) is 0 Å². The minimum atomic E-state index is -0.441. The number of para-hydroxylation sites is 1. The summed E-state index contributed by atoms with van der Waals surface area (Å²) in [4.78, 5) is 33.3. The molecule has 0 atom stereocenters. The third-order valence-corrected chi connectivity index (χ3v) is 3.39. The van der Waals surface area contributed by atoms with Crippen molar-refractivity contribution in [3.05, 3.63) is 84.2 Å². The van der Waals surface area contributed by atoms with Crippen LogP contribution in [0.3, 0.4) is 0 Å². The first-order valence-electron chi connectivity index (χ1n) is 7.41. The highest BCUT2D eigenvalue weighted by molar-refractivity contribution is 6.10. The van der Waals surface area contributed by atoms with Gasteiger partial charge in [0.15, 0.2) is 5.69 Å². The highest BCUT2D eigenvalue weighted by Crippen LogP contribution is 2.14. The number of amides is 2. The van der Waals surface area contributed by atoms with E-state index in [0.29, 0.717) is 5.69 Å². The van der Waals surface area contributed by atoms with Gasteiger partial charge in [-0.15, -0.1) is 0 Å². The number of allylic oxidation sites excluding steroid dienone is 4. The van der Waals surface area contributed by atoms with Crippen LogP contribution in [0.15, 0.2) is 72.9 Å². The second-order valence-corrected chi connectivity index (χ2v) is 5.23. The standard InChI is InChI=1S/C18H16N4O2/c1-13-7-5-6-10-22(11-13)18(24)16-15(19-12-20-16)17(23)21-14-8-3-2-4-9-14/h2-12H,1H3,(H,19,20)(H,21,23). The van der Waals surface area contributed by atoms with E-state index in [1.54, 1.807) is 30.6 Å². The molecule has 0 unspecified atom stereocenters. The largest absolute Gasteiger partial charge is 0.340 e. The summed E-state index contributed by atoms with van der Waals surface area (Å²) in [6, 6.07) is 9.01. The van der Waals surface area contributed by atoms with E-state index in [4.69, 9.17) is 0 Å². The summed E-state index contributed by atoms with van der Waals surface area (Å²) in [7, 11) is 0. The van der Waals surface area contributed by atoms with Crippen molar-refractivity contribution in [2.75, 3.05) is 5.32 Å². The van der Waals surface area contributed by atoms with Crippen molar-refractivity contribution in [3.8, 4) is 0 Å². The topological polar surface area (TPSA) is 78.1 Å². The quantitative estimate of drug-likeness (QED) is 0.912. The second kappa shape index (κ2) is 6.78. The van der Waals surface area contributed by atoms with Crippen LogP contribution >= 0.6 is 0 Å². The lowest BCUT2D eigenvalue weighted by Crippen LogP contribution is -2.24. The average molecular weight is 320 g/mol. The van der Waals surface area contributed by atoms with Crippen LogP contribution in [-0.4, -0.2) is 26.7 Å². The van der Waals surface area contributed by atoms with E-state index < -0.39 is 5.91 Å². The summed E-state index contributed by atoms with van der Waals surface area (Å²) >= 11 is 0. The minimum Gasteiger partial charge on any atom is -0.340 e. The molecular formula is C18H16N4O2. The fourth-order valence-electron chi connectivity index (χ4n) is 2.25. The summed E-state index contributed by atoms with van der Waals surface area (Å²) in [6.07, 6.45) is 10.2. The van der Waals surface area contributed by atoms with Gasteiger partial charge in [-0.25, -0.2) is 4.98 Å². The molecular weight excluding hydrogens is 304 g/mol. The Morgan fingerprint density at radius 2 is 1.96 bits per heavy atom. The molecule has 1 aromatic carbocycles. The molecule has 120 valence electrons. The van der Waals surface area contributed by atoms with Gasteiger partial charge in [-0.2, -0.15) is 0 Å². The van der Waals surface area contributed by atoms with E-state index in [1.807, 2.05) is 37.3 Å². The number of anilines is 1. The molecule has 6 nitrogen and oxygen atoms in total. The lowest BCUT2D eigenvalue weighted by molar-refractivity contribution is 0.0856. The molecule has 0 spiro atoms. The molecule has 0 fully saturated rings. The number of nitrogens with one attached hydrogen (secondary N) is 2. The molecule has 0 aliphatic carbocycles. The smallest absolute Gasteiger partial charge is 0.280 e. The molecule has 2 N–H and O–H groups in total. The summed E-state index contributed by atoms with van der Waals surface area (Å²) in [6.45, 7) is 1.89. The molecule has 1 aromatic heterocycles. The number of rotatable bonds is 3. The third-order valence-electron chi connectivity index (χ3n) is 3.39. The highest BCUT2D eigenvalue weighted by atomic mass is 16.2. The van der Waals surface area contributed by atoms with E-state index in [2.05, 4.69) is 15.3 Å². The lowest BCUT2D eigenvalue weighted by atomic mass is 10.2. The van der Waals surface area contributed by atoms with E-state index in [1.165, 1.54) is 11.2 Å². The molecule has 2 aromatic rings. The zero-order chi connectivity index (χ0) is 16.9. The van der Waals surface area contributed by atoms with Crippen molar-refractivity contribution < 1.29 is 9.59 Å². The molecule has 1 aliphatic heterocycles. The first-order chi connectivity index (χ1) is 11.6. The molecule has 2 amide bonds. The van der Waals surface area contributed by atoms with Gasteiger partial charge in [0.1, 0.15) is 5.69 Å². The number of hydrogen-bond donors (Lipinski definition) is 2. The van der Waals surface area contributed by atoms with Gasteiger partial charge in [0, 0.05) is 18.1 Å². The second-order valence-electron chi connectivity index (χ2n) is 5.23. The van der Waals surface area contributed by atoms with Crippen molar-refractivity contribution in [2.45, 2.75) is 6.92 Å². The number of aromatic nitrogens is 2. The van der Waals surface area contributed by atoms with Gasteiger partial charge in [-0.05, 0) is 30.7 Å². The van der Waals surface area contributed by atoms with Crippen LogP contribution in [0, 0.1) is 0 Å². The maximum absolute atomic E-state index is 12.7. The predicted molar refractivity (Wildman–Crippen MR) is 91.2 cm³/mol. The molecule has 3 rings (SSSR count). The molecule has 6 heteroatoms. The monoisotopic (exact) mass is 320 g/mol. The van der Waals surface area contributed by atoms with Crippen molar-refractivity contribution >= 4 is 17.5 Å². The van der Waals surface area contributed by atoms with Crippen LogP contribution < -0.4 is 5.32 Å². The average Bonchev–Trinajstić information content (AvgIpc) is 2.98. The maximum atomic E-state index is 12.7. The highest BCUT2D eigenvalue weighted by Gasteiger charge is 2.23. The van der Waals surface area contributed by atoms with Crippen LogP contribution in [0.1, 0.15) is 27.9 Å². The van der Waals surface area contributed by atoms with Crippen LogP contribution in [0.4, 0.5) is 5.69 Å². The molecule has 0 bridgehead atoms. The lowest BCUT2D eigenvalue weighted by Gasteiger charge is -2.13. The van der Waals surface area contributed by atoms with Gasteiger partial charge in [0.25, 0.3) is 11.8 Å². The summed E-state index contributed by atoms with van der Waals surface area (Å²) < 4.78 is 0. The Balaban J connectivity index is 1.83. The Morgan fingerprint density at radius 1 is 1.17 bits per heavy atom. The van der Waals surface area contributed by atoms with Crippen LogP contribution in [-0.2, 0) is 0 Å². The number of aromatic amines is 1. The SMILES string of the molecule is CC1=CN(C(=O)c2[nH]cnc2C(=O)Nc2ccccc2)C=CC=C1. The Bertz CT molecular complexity index is 847. The summed E-state index contributed by atoms with van der Waals surface area (Å²) in [5.74, 6) is -0.798. The summed E-state index contributed by atoms with van der Waals surface area (Å²) in [5, 5.41) is 2.73. The van der Waals surface area contributed by atoms with Crippen molar-refractivity contribution in [1.29, 1.82) is 0 Å². The maximum Gasteiger partial charge on any atom is 0.280 e. The Hall–Kier alpha value is -3.41. The predicted octanol–water partition coefficient (Wildman–Crippen LogP) is 3.09. The first-order valence-corrected chi connectivity index (χ1v) is 7.41. The minimum absolute atomic E-state index is 0.0560. The number of hydrogen-bond acceptors (Lipinski definition) is 3. The molecule has 24 heavy (non-hydrogen) atoms. The molecule has 0 saturated heterocycles. The van der Waals surface area contributed by atoms with Crippen molar-refractivity contribution in [2.24, 2.45) is 0 Å². The van der Waals surface area contributed by atoms with Gasteiger partial charge < -0.3 is 10.3 Å². The Labute approximate surface area is 139 Å². The van der Waals surface area contributed by atoms with Gasteiger partial charge in [0.05, 0.1) is 6.33 Å². The van der Waals surface area contributed by atoms with E-state index in [0.717, 1.165) is 5.57 Å². The van der Waals surface area contributed by atoms with Gasteiger partial charge in [-0.1, -0.05) is 30.4 Å². The molecule has 0 saturated carbocycles. The number of imidazole rings is 1. The van der Waals surface area contributed by atoms with Crippen LogP contribution in [0.2, 0.25) is 0 Å². The van der Waals surface area contributed by atoms with Gasteiger partial charge in [0.2, 0.25) is 0 Å². The fourth-order valence-corrected chi connectivity index (χ4v) is 2.25. The fraction of sp³-hybridized carbons (Fsp3) is 0.0556. The number of carbonyl (C=O) groups is 2. The zero-order valence-electron chi connectivity index (χ0n) is 13.1. The Kier molecular flexibility index (Phi) is 4.38. The van der Waals surface area contributed by atoms with Crippen molar-refractivity contribution in [3.63, 3.8) is 0 Å². The number of benzene rings is 1. The normalized spacial score (nSPS) is 13.4. The van der Waals surface area contributed by atoms with Gasteiger partial charge >= 0.3 is 0 Å². The third kappa shape index (κ3) is 3.33. The van der Waals surface area contributed by atoms with Crippen molar-refractivity contribution in [1.82, 2.24) is 14.9 Å². The first kappa shape index (κ1) is 15.5. The van der Waals surface area contributed by atoms with Gasteiger partial charge in [-0.3, -0.25) is 14.5 Å². The zero-order valence-corrected chi connectivity index (χ0v) is 13.1. The number of carbonyl (C=O) groups excluding carboxylic acids is 2. The van der Waals surface area contributed by atoms with E-state index in [9.17, 15) is 9.59 Å². The van der Waals surface area contributed by atoms with E-state index >= 15 is 0 Å². The number of H-pyrrole nitrogens is 1. The number of nitrogens with zero attached hydrogens (tertiary/aromatic N) is 2. The molecule has 0 radical (unpaired) electrons. The molecule has 1 aliphatic rings. The Morgan fingerprint density at radius 3 is 2.75 bits per heavy atom. The van der Waals surface area contributed by atoms with E-state index in [-0.39, 0.29) is 17.3 Å². The summed E-state index contributed by atoms with van der Waals surface area (Å²) in [5.41, 5.74) is 1.75. The molecule has 2 heterocycles.